The average molecular weight is 413 g/mol. The minimum Gasteiger partial charge on any atom is -0.207 e. The third-order valence-corrected chi connectivity index (χ3v) is 6.71. The number of hydrogen-bond acceptors (Lipinski definition) is 2. The quantitative estimate of drug-likeness (QED) is 0.721. The first-order chi connectivity index (χ1) is 8.71. The molecule has 3 nitrogen and oxygen atoms in total. The van der Waals surface area contributed by atoms with E-state index < -0.39 is 10.0 Å². The normalized spacial score (nSPS) is 12.4. The van der Waals surface area contributed by atoms with Gasteiger partial charge in [-0.05, 0) is 60.8 Å². The Hall–Kier alpha value is 0.0900. The molecule has 0 bridgehead atoms. The van der Waals surface area contributed by atoms with Crippen LogP contribution in [0.3, 0.4) is 0 Å². The highest BCUT2D eigenvalue weighted by Gasteiger charge is 2.28. The Morgan fingerprint density at radius 1 is 1.21 bits per heavy atom. The predicted molar refractivity (Wildman–Crippen MR) is 85.9 cm³/mol. The second-order valence-electron chi connectivity index (χ2n) is 4.74. The zero-order chi connectivity index (χ0) is 14.8. The molecule has 0 fully saturated rings. The first-order valence-electron chi connectivity index (χ1n) is 6.19. The first-order valence-corrected chi connectivity index (χ1v) is 9.21. The van der Waals surface area contributed by atoms with Crippen LogP contribution in [-0.2, 0) is 10.0 Å². The molecule has 0 aliphatic heterocycles. The van der Waals surface area contributed by atoms with Gasteiger partial charge in [-0.3, -0.25) is 0 Å². The topological polar surface area (TPSA) is 37.4 Å². The van der Waals surface area contributed by atoms with Crippen LogP contribution in [0.4, 0.5) is 0 Å². The Morgan fingerprint density at radius 3 is 2.26 bits per heavy atom. The molecule has 108 valence electrons. The van der Waals surface area contributed by atoms with Crippen molar-refractivity contribution < 1.29 is 8.42 Å². The summed E-state index contributed by atoms with van der Waals surface area (Å²) in [6, 6.07) is 3.43. The number of aryl methyl sites for hydroxylation is 1. The van der Waals surface area contributed by atoms with Gasteiger partial charge in [0.25, 0.3) is 0 Å². The van der Waals surface area contributed by atoms with Crippen molar-refractivity contribution >= 4 is 41.9 Å². The highest BCUT2D eigenvalue weighted by Crippen LogP contribution is 2.31. The molecule has 0 aliphatic carbocycles. The molecular weight excluding hydrogens is 394 g/mol. The van der Waals surface area contributed by atoms with Crippen LogP contribution in [0.1, 0.15) is 32.8 Å². The second-order valence-corrected chi connectivity index (χ2v) is 8.31. The van der Waals surface area contributed by atoms with Crippen LogP contribution in [0, 0.1) is 6.92 Å². The van der Waals surface area contributed by atoms with Crippen molar-refractivity contribution in [2.75, 3.05) is 6.54 Å². The SMILES string of the molecule is CCCN(C(C)C)S(=O)(=O)c1cc(Br)c(C)cc1Br. The summed E-state index contributed by atoms with van der Waals surface area (Å²) < 4.78 is 28.4. The molecule has 0 saturated heterocycles. The number of rotatable bonds is 5. The smallest absolute Gasteiger partial charge is 0.207 e. The standard InChI is InChI=1S/C13H19Br2NO2S/c1-5-6-16(9(2)3)19(17,18)13-8-11(14)10(4)7-12(13)15/h7-9H,5-6H2,1-4H3. The van der Waals surface area contributed by atoms with E-state index >= 15 is 0 Å². The van der Waals surface area contributed by atoms with Crippen molar-refractivity contribution in [3.63, 3.8) is 0 Å². The van der Waals surface area contributed by atoms with Crippen LogP contribution in [0.5, 0.6) is 0 Å². The monoisotopic (exact) mass is 411 g/mol. The largest absolute Gasteiger partial charge is 0.244 e. The molecule has 0 heterocycles. The van der Waals surface area contributed by atoms with Gasteiger partial charge in [0.05, 0.1) is 4.90 Å². The van der Waals surface area contributed by atoms with E-state index in [1.165, 1.54) is 4.31 Å². The van der Waals surface area contributed by atoms with Gasteiger partial charge in [0.15, 0.2) is 0 Å². The molecular formula is C13H19Br2NO2S. The number of halogens is 2. The van der Waals surface area contributed by atoms with Crippen molar-refractivity contribution in [3.05, 3.63) is 26.6 Å². The molecule has 1 aromatic rings. The van der Waals surface area contributed by atoms with E-state index in [2.05, 4.69) is 31.9 Å². The number of hydrogen-bond donors (Lipinski definition) is 0. The summed E-state index contributed by atoms with van der Waals surface area (Å²) in [6.45, 7) is 8.22. The Balaban J connectivity index is 3.37. The molecule has 0 N–H and O–H groups in total. The van der Waals surface area contributed by atoms with E-state index in [4.69, 9.17) is 0 Å². The molecule has 0 unspecified atom stereocenters. The van der Waals surface area contributed by atoms with Gasteiger partial charge < -0.3 is 0 Å². The molecule has 6 heteroatoms. The molecule has 0 aliphatic rings. The summed E-state index contributed by atoms with van der Waals surface area (Å²) in [4.78, 5) is 0.312. The van der Waals surface area contributed by atoms with Gasteiger partial charge in [0.1, 0.15) is 0 Å². The van der Waals surface area contributed by atoms with Gasteiger partial charge in [-0.1, -0.05) is 22.9 Å². The van der Waals surface area contributed by atoms with Gasteiger partial charge in [0, 0.05) is 21.5 Å². The lowest BCUT2D eigenvalue weighted by molar-refractivity contribution is 0.354. The summed E-state index contributed by atoms with van der Waals surface area (Å²) in [7, 11) is -3.48. The van der Waals surface area contributed by atoms with Crippen LogP contribution in [0.2, 0.25) is 0 Å². The van der Waals surface area contributed by atoms with Crippen LogP contribution < -0.4 is 0 Å². The third-order valence-electron chi connectivity index (χ3n) is 2.82. The van der Waals surface area contributed by atoms with Crippen LogP contribution in [-0.4, -0.2) is 25.3 Å². The Morgan fingerprint density at radius 2 is 1.79 bits per heavy atom. The van der Waals surface area contributed by atoms with Crippen LogP contribution in [0.25, 0.3) is 0 Å². The molecule has 1 rings (SSSR count). The maximum atomic E-state index is 12.7. The second kappa shape index (κ2) is 6.70. The molecule has 19 heavy (non-hydrogen) atoms. The number of nitrogens with zero attached hydrogens (tertiary/aromatic N) is 1. The maximum absolute atomic E-state index is 12.7. The zero-order valence-electron chi connectivity index (χ0n) is 11.6. The van der Waals surface area contributed by atoms with Crippen molar-refractivity contribution in [2.45, 2.75) is 45.1 Å². The molecule has 0 radical (unpaired) electrons. The van der Waals surface area contributed by atoms with Crippen molar-refractivity contribution in [1.29, 1.82) is 0 Å². The highest BCUT2D eigenvalue weighted by atomic mass is 79.9. The van der Waals surface area contributed by atoms with Crippen molar-refractivity contribution in [1.82, 2.24) is 4.31 Å². The summed E-state index contributed by atoms with van der Waals surface area (Å²) in [5.41, 5.74) is 0.998. The van der Waals surface area contributed by atoms with E-state index in [1.54, 1.807) is 6.07 Å². The van der Waals surface area contributed by atoms with Crippen molar-refractivity contribution in [3.8, 4) is 0 Å². The predicted octanol–water partition coefficient (Wildman–Crippen LogP) is 4.33. The van der Waals surface area contributed by atoms with Gasteiger partial charge >= 0.3 is 0 Å². The Kier molecular flexibility index (Phi) is 6.04. The first kappa shape index (κ1) is 17.1. The lowest BCUT2D eigenvalue weighted by Crippen LogP contribution is -2.37. The summed E-state index contributed by atoms with van der Waals surface area (Å²) in [5, 5.41) is 0. The fourth-order valence-electron chi connectivity index (χ4n) is 1.83. The molecule has 1 aromatic carbocycles. The van der Waals surface area contributed by atoms with E-state index in [9.17, 15) is 8.42 Å². The Labute approximate surface area is 132 Å². The van der Waals surface area contributed by atoms with Crippen LogP contribution >= 0.6 is 31.9 Å². The van der Waals surface area contributed by atoms with Gasteiger partial charge in [-0.15, -0.1) is 0 Å². The minimum atomic E-state index is -3.48. The minimum absolute atomic E-state index is 0.0584. The van der Waals surface area contributed by atoms with E-state index in [0.29, 0.717) is 15.9 Å². The van der Waals surface area contributed by atoms with Gasteiger partial charge in [0.2, 0.25) is 10.0 Å². The lowest BCUT2D eigenvalue weighted by Gasteiger charge is -2.26. The third kappa shape index (κ3) is 3.80. The maximum Gasteiger partial charge on any atom is 0.244 e. The fourth-order valence-corrected chi connectivity index (χ4v) is 5.20. The average Bonchev–Trinajstić information content (AvgIpc) is 2.29. The van der Waals surface area contributed by atoms with Crippen LogP contribution in [0.15, 0.2) is 26.0 Å². The molecule has 0 aromatic heterocycles. The lowest BCUT2D eigenvalue weighted by atomic mass is 10.2. The highest BCUT2D eigenvalue weighted by molar-refractivity contribution is 9.11. The summed E-state index contributed by atoms with van der Waals surface area (Å²) in [6.07, 6.45) is 0.794. The number of sulfonamides is 1. The summed E-state index contributed by atoms with van der Waals surface area (Å²) >= 11 is 6.75. The molecule has 0 spiro atoms. The molecule has 0 saturated carbocycles. The molecule has 0 atom stereocenters. The van der Waals surface area contributed by atoms with Crippen molar-refractivity contribution in [2.24, 2.45) is 0 Å². The van der Waals surface area contributed by atoms with Gasteiger partial charge in [-0.2, -0.15) is 4.31 Å². The fraction of sp³-hybridized carbons (Fsp3) is 0.538. The van der Waals surface area contributed by atoms with E-state index in [0.717, 1.165) is 16.5 Å². The Bertz CT molecular complexity index is 556. The number of benzene rings is 1. The zero-order valence-corrected chi connectivity index (χ0v) is 15.6. The summed E-state index contributed by atoms with van der Waals surface area (Å²) in [5.74, 6) is 0. The molecule has 0 amide bonds. The van der Waals surface area contributed by atoms with Gasteiger partial charge in [-0.25, -0.2) is 8.42 Å². The van der Waals surface area contributed by atoms with E-state index in [-0.39, 0.29) is 6.04 Å². The van der Waals surface area contributed by atoms with E-state index in [1.807, 2.05) is 33.8 Å².